The van der Waals surface area contributed by atoms with Crippen molar-refractivity contribution in [2.45, 2.75) is 40.2 Å². The van der Waals surface area contributed by atoms with Gasteiger partial charge in [-0.1, -0.05) is 32.0 Å². The Kier molecular flexibility index (Phi) is 5.35. The largest absolute Gasteiger partial charge is 0.479 e. The molecular formula is C15H22O3. The smallest absolute Gasteiger partial charge is 0.333 e. The Bertz CT molecular complexity index is 410. The van der Waals surface area contributed by atoms with Crippen molar-refractivity contribution in [2.75, 3.05) is 6.61 Å². The van der Waals surface area contributed by atoms with Gasteiger partial charge in [-0.2, -0.15) is 0 Å². The first kappa shape index (κ1) is 14.7. The minimum Gasteiger partial charge on any atom is -0.479 e. The van der Waals surface area contributed by atoms with Crippen LogP contribution in [0.15, 0.2) is 18.2 Å². The van der Waals surface area contributed by atoms with Crippen LogP contribution in [0.2, 0.25) is 0 Å². The lowest BCUT2D eigenvalue weighted by Crippen LogP contribution is -2.28. The lowest BCUT2D eigenvalue weighted by atomic mass is 10.0. The highest BCUT2D eigenvalue weighted by atomic mass is 16.5. The quantitative estimate of drug-likeness (QED) is 0.844. The van der Waals surface area contributed by atoms with Crippen LogP contribution in [0.4, 0.5) is 0 Å². The molecular weight excluding hydrogens is 228 g/mol. The van der Waals surface area contributed by atoms with Crippen LogP contribution in [-0.4, -0.2) is 23.8 Å². The molecule has 1 aromatic carbocycles. The number of carboxylic acid groups (broad SMARTS) is 1. The fraction of sp³-hybridized carbons (Fsp3) is 0.533. The summed E-state index contributed by atoms with van der Waals surface area (Å²) in [7, 11) is 0. The van der Waals surface area contributed by atoms with Gasteiger partial charge >= 0.3 is 5.97 Å². The summed E-state index contributed by atoms with van der Waals surface area (Å²) in [6, 6.07) is 6.02. The summed E-state index contributed by atoms with van der Waals surface area (Å²) in [5, 5.41) is 9.15. The maximum atomic E-state index is 11.1. The number of hydrogen-bond donors (Lipinski definition) is 1. The average Bonchev–Trinajstić information content (AvgIpc) is 2.28. The molecule has 1 atom stereocenters. The summed E-state index contributed by atoms with van der Waals surface area (Å²) < 4.78 is 5.44. The number of rotatable bonds is 6. The van der Waals surface area contributed by atoms with Crippen LogP contribution in [0.5, 0.6) is 0 Å². The molecule has 1 rings (SSSR count). The second kappa shape index (κ2) is 6.55. The summed E-state index contributed by atoms with van der Waals surface area (Å²) >= 11 is 0. The first-order chi connectivity index (χ1) is 8.40. The number of carboxylic acids is 1. The predicted octanol–water partition coefficient (Wildman–Crippen LogP) is 2.97. The molecule has 0 spiro atoms. The third-order valence-electron chi connectivity index (χ3n) is 2.90. The van der Waals surface area contributed by atoms with Gasteiger partial charge in [0.2, 0.25) is 0 Å². The molecule has 0 aliphatic carbocycles. The van der Waals surface area contributed by atoms with E-state index in [0.29, 0.717) is 18.9 Å². The van der Waals surface area contributed by atoms with Crippen LogP contribution in [0.3, 0.4) is 0 Å². The zero-order valence-corrected chi connectivity index (χ0v) is 11.6. The number of carbonyl (C=O) groups is 1. The van der Waals surface area contributed by atoms with E-state index in [-0.39, 0.29) is 0 Å². The Labute approximate surface area is 109 Å². The van der Waals surface area contributed by atoms with E-state index in [9.17, 15) is 4.79 Å². The van der Waals surface area contributed by atoms with E-state index in [2.05, 4.69) is 0 Å². The van der Waals surface area contributed by atoms with Crippen LogP contribution in [-0.2, 0) is 16.0 Å². The van der Waals surface area contributed by atoms with Crippen LogP contribution < -0.4 is 0 Å². The van der Waals surface area contributed by atoms with Crippen molar-refractivity contribution >= 4 is 5.97 Å². The molecule has 1 N–H and O–H groups in total. The molecule has 1 aromatic rings. The van der Waals surface area contributed by atoms with Gasteiger partial charge in [0, 0.05) is 6.42 Å². The normalized spacial score (nSPS) is 12.7. The van der Waals surface area contributed by atoms with Crippen molar-refractivity contribution in [1.82, 2.24) is 0 Å². The van der Waals surface area contributed by atoms with E-state index < -0.39 is 12.1 Å². The SMILES string of the molecule is Cc1ccc(C[C@H](OCC(C)C)C(=O)O)cc1C. The number of aryl methyl sites for hydroxylation is 2. The highest BCUT2D eigenvalue weighted by molar-refractivity contribution is 5.72. The second-order valence-corrected chi connectivity index (χ2v) is 5.18. The predicted molar refractivity (Wildman–Crippen MR) is 71.8 cm³/mol. The molecule has 3 heteroatoms. The first-order valence-electron chi connectivity index (χ1n) is 6.30. The lowest BCUT2D eigenvalue weighted by molar-refractivity contribution is -0.150. The molecule has 100 valence electrons. The Morgan fingerprint density at radius 3 is 2.44 bits per heavy atom. The van der Waals surface area contributed by atoms with Crippen molar-refractivity contribution < 1.29 is 14.6 Å². The first-order valence-corrected chi connectivity index (χ1v) is 6.30. The maximum absolute atomic E-state index is 11.1. The van der Waals surface area contributed by atoms with Gasteiger partial charge < -0.3 is 9.84 Å². The molecule has 0 bridgehead atoms. The average molecular weight is 250 g/mol. The van der Waals surface area contributed by atoms with Crippen molar-refractivity contribution in [3.63, 3.8) is 0 Å². The van der Waals surface area contributed by atoms with Gasteiger partial charge in [0.25, 0.3) is 0 Å². The molecule has 0 saturated heterocycles. The van der Waals surface area contributed by atoms with Gasteiger partial charge in [-0.25, -0.2) is 4.79 Å². The van der Waals surface area contributed by atoms with Crippen molar-refractivity contribution in [1.29, 1.82) is 0 Å². The Hall–Kier alpha value is -1.35. The number of aliphatic carboxylic acids is 1. The van der Waals surface area contributed by atoms with Crippen LogP contribution >= 0.6 is 0 Å². The minimum absolute atomic E-state index is 0.339. The van der Waals surface area contributed by atoms with E-state index in [1.54, 1.807) is 0 Å². The minimum atomic E-state index is -0.895. The van der Waals surface area contributed by atoms with Crippen LogP contribution in [0.25, 0.3) is 0 Å². The van der Waals surface area contributed by atoms with E-state index in [1.165, 1.54) is 11.1 Å². The van der Waals surface area contributed by atoms with E-state index in [4.69, 9.17) is 9.84 Å². The van der Waals surface area contributed by atoms with Crippen LogP contribution in [0, 0.1) is 19.8 Å². The Morgan fingerprint density at radius 1 is 1.28 bits per heavy atom. The number of benzene rings is 1. The Morgan fingerprint density at radius 2 is 1.94 bits per heavy atom. The zero-order valence-electron chi connectivity index (χ0n) is 11.6. The van der Waals surface area contributed by atoms with Crippen LogP contribution in [0.1, 0.15) is 30.5 Å². The molecule has 0 aliphatic heterocycles. The van der Waals surface area contributed by atoms with Gasteiger partial charge in [-0.15, -0.1) is 0 Å². The summed E-state index contributed by atoms with van der Waals surface area (Å²) in [5.41, 5.74) is 3.41. The maximum Gasteiger partial charge on any atom is 0.333 e. The van der Waals surface area contributed by atoms with Crippen molar-refractivity contribution in [2.24, 2.45) is 5.92 Å². The highest BCUT2D eigenvalue weighted by Crippen LogP contribution is 2.13. The monoisotopic (exact) mass is 250 g/mol. The molecule has 0 fully saturated rings. The van der Waals surface area contributed by atoms with Gasteiger partial charge in [-0.3, -0.25) is 0 Å². The second-order valence-electron chi connectivity index (χ2n) is 5.18. The molecule has 0 saturated carbocycles. The molecule has 0 unspecified atom stereocenters. The lowest BCUT2D eigenvalue weighted by Gasteiger charge is -2.16. The number of ether oxygens (including phenoxy) is 1. The molecule has 0 aromatic heterocycles. The molecule has 0 heterocycles. The van der Waals surface area contributed by atoms with Gasteiger partial charge in [0.05, 0.1) is 6.61 Å². The van der Waals surface area contributed by atoms with Gasteiger partial charge in [0.15, 0.2) is 6.10 Å². The standard InChI is InChI=1S/C15H22O3/c1-10(2)9-18-14(15(16)17)8-13-6-5-11(3)12(4)7-13/h5-7,10,14H,8-9H2,1-4H3,(H,16,17)/t14-/m0/s1. The topological polar surface area (TPSA) is 46.5 Å². The highest BCUT2D eigenvalue weighted by Gasteiger charge is 2.19. The fourth-order valence-electron chi connectivity index (χ4n) is 1.67. The summed E-state index contributed by atoms with van der Waals surface area (Å²) in [6.45, 7) is 8.57. The molecule has 0 aliphatic rings. The molecule has 0 radical (unpaired) electrons. The molecule has 0 amide bonds. The summed E-state index contributed by atoms with van der Waals surface area (Å²) in [4.78, 5) is 11.1. The van der Waals surface area contributed by atoms with Gasteiger partial charge in [-0.05, 0) is 36.5 Å². The molecule has 18 heavy (non-hydrogen) atoms. The Balaban J connectivity index is 2.70. The van der Waals surface area contributed by atoms with E-state index in [1.807, 2.05) is 45.9 Å². The van der Waals surface area contributed by atoms with E-state index in [0.717, 1.165) is 5.56 Å². The summed E-state index contributed by atoms with van der Waals surface area (Å²) in [6.07, 6.45) is -0.335. The summed E-state index contributed by atoms with van der Waals surface area (Å²) in [5.74, 6) is -0.555. The van der Waals surface area contributed by atoms with Crippen molar-refractivity contribution in [3.05, 3.63) is 34.9 Å². The number of hydrogen-bond acceptors (Lipinski definition) is 2. The fourth-order valence-corrected chi connectivity index (χ4v) is 1.67. The van der Waals surface area contributed by atoms with Crippen molar-refractivity contribution in [3.8, 4) is 0 Å². The zero-order chi connectivity index (χ0) is 13.7. The third-order valence-corrected chi connectivity index (χ3v) is 2.90. The third kappa shape index (κ3) is 4.49. The van der Waals surface area contributed by atoms with E-state index >= 15 is 0 Å². The molecule has 3 nitrogen and oxygen atoms in total. The van der Waals surface area contributed by atoms with Gasteiger partial charge in [0.1, 0.15) is 0 Å².